The van der Waals surface area contributed by atoms with Crippen molar-refractivity contribution >= 4 is 47.1 Å². The van der Waals surface area contributed by atoms with E-state index in [9.17, 15) is 14.4 Å². The van der Waals surface area contributed by atoms with Crippen LogP contribution in [0.15, 0.2) is 23.1 Å². The van der Waals surface area contributed by atoms with Crippen LogP contribution in [0.4, 0.5) is 10.5 Å². The zero-order valence-corrected chi connectivity index (χ0v) is 16.6. The van der Waals surface area contributed by atoms with Gasteiger partial charge in [-0.3, -0.25) is 14.9 Å². The quantitative estimate of drug-likeness (QED) is 0.676. The first-order chi connectivity index (χ1) is 13.0. The molecule has 1 saturated heterocycles. The zero-order valence-electron chi connectivity index (χ0n) is 14.9. The highest BCUT2D eigenvalue weighted by atomic mass is 32.2. The molecule has 3 rings (SSSR count). The van der Waals surface area contributed by atoms with Crippen molar-refractivity contribution in [3.63, 3.8) is 0 Å². The summed E-state index contributed by atoms with van der Waals surface area (Å²) in [6.45, 7) is 1.85. The second-order valence-corrected chi connectivity index (χ2v) is 8.31. The number of carbonyl (C=O) groups excluding carboxylic acids is 3. The third kappa shape index (κ3) is 4.62. The number of fused-ring (bicyclic) bond motifs is 1. The number of methoxy groups -OCH3 is 1. The van der Waals surface area contributed by atoms with Crippen molar-refractivity contribution in [3.8, 4) is 5.75 Å². The van der Waals surface area contributed by atoms with Gasteiger partial charge in [0.05, 0.1) is 25.0 Å². The van der Waals surface area contributed by atoms with Gasteiger partial charge in [0.1, 0.15) is 5.75 Å². The van der Waals surface area contributed by atoms with Gasteiger partial charge in [0.15, 0.2) is 5.37 Å². The summed E-state index contributed by atoms with van der Waals surface area (Å²) in [6, 6.07) is 5.57. The van der Waals surface area contributed by atoms with Crippen molar-refractivity contribution in [1.82, 2.24) is 10.6 Å². The van der Waals surface area contributed by atoms with Gasteiger partial charge in [0.2, 0.25) is 5.91 Å². The molecule has 27 heavy (non-hydrogen) atoms. The van der Waals surface area contributed by atoms with Gasteiger partial charge in [-0.2, -0.15) is 0 Å². The number of nitrogens with one attached hydrogen (secondary N) is 3. The lowest BCUT2D eigenvalue weighted by Gasteiger charge is -2.21. The molecule has 1 fully saturated rings. The van der Waals surface area contributed by atoms with Crippen molar-refractivity contribution < 1.29 is 23.9 Å². The summed E-state index contributed by atoms with van der Waals surface area (Å²) in [5.41, 5.74) is 0.872. The van der Waals surface area contributed by atoms with Crippen molar-refractivity contribution in [2.45, 2.75) is 29.0 Å². The Balaban J connectivity index is 1.57. The molecule has 0 radical (unpaired) electrons. The molecule has 0 spiro atoms. The Morgan fingerprint density at radius 2 is 2.11 bits per heavy atom. The summed E-state index contributed by atoms with van der Waals surface area (Å²) in [5, 5.41) is 7.44. The lowest BCUT2D eigenvalue weighted by Crippen LogP contribution is -2.47. The molecule has 0 aliphatic carbocycles. The van der Waals surface area contributed by atoms with Gasteiger partial charge in [-0.15, -0.1) is 11.8 Å². The minimum atomic E-state index is -0.762. The van der Waals surface area contributed by atoms with Gasteiger partial charge in [-0.05, 0) is 37.3 Å². The van der Waals surface area contributed by atoms with Crippen LogP contribution in [-0.4, -0.2) is 48.1 Å². The van der Waals surface area contributed by atoms with Gasteiger partial charge in [-0.1, -0.05) is 11.8 Å². The van der Waals surface area contributed by atoms with Crippen LogP contribution >= 0.6 is 23.5 Å². The third-order valence-electron chi connectivity index (χ3n) is 4.17. The summed E-state index contributed by atoms with van der Waals surface area (Å²) >= 11 is 2.89. The predicted molar refractivity (Wildman–Crippen MR) is 104 cm³/mol. The maximum Gasteiger partial charge on any atom is 0.413 e. The third-order valence-corrected chi connectivity index (χ3v) is 6.61. The van der Waals surface area contributed by atoms with E-state index in [0.717, 1.165) is 22.1 Å². The smallest absolute Gasteiger partial charge is 0.413 e. The van der Waals surface area contributed by atoms with Crippen LogP contribution in [-0.2, 0) is 14.3 Å². The molecule has 0 bridgehead atoms. The van der Waals surface area contributed by atoms with Gasteiger partial charge in [0.25, 0.3) is 5.91 Å². The molecule has 0 aromatic heterocycles. The molecule has 2 aliphatic rings. The Hall–Kier alpha value is -2.07. The van der Waals surface area contributed by atoms with Gasteiger partial charge < -0.3 is 20.1 Å². The van der Waals surface area contributed by atoms with Crippen LogP contribution in [0.5, 0.6) is 5.75 Å². The topological polar surface area (TPSA) is 106 Å². The number of ether oxygens (including phenoxy) is 2. The predicted octanol–water partition coefficient (Wildman–Crippen LogP) is 2.01. The van der Waals surface area contributed by atoms with Gasteiger partial charge in [0, 0.05) is 10.6 Å². The minimum absolute atomic E-state index is 0.189. The molecule has 0 saturated carbocycles. The molecular weight excluding hydrogens is 390 g/mol. The summed E-state index contributed by atoms with van der Waals surface area (Å²) in [5.74, 6) is 0.352. The van der Waals surface area contributed by atoms with Crippen molar-refractivity contribution in [1.29, 1.82) is 0 Å². The molecule has 2 heterocycles. The second kappa shape index (κ2) is 8.75. The number of anilines is 1. The van der Waals surface area contributed by atoms with Crippen LogP contribution in [0.3, 0.4) is 0 Å². The summed E-state index contributed by atoms with van der Waals surface area (Å²) in [7, 11) is 1.60. The summed E-state index contributed by atoms with van der Waals surface area (Å²) in [6.07, 6.45) is -0.175. The van der Waals surface area contributed by atoms with Crippen LogP contribution in [0.25, 0.3) is 0 Å². The van der Waals surface area contributed by atoms with Crippen LogP contribution in [0.2, 0.25) is 0 Å². The van der Waals surface area contributed by atoms with E-state index in [1.165, 1.54) is 23.5 Å². The lowest BCUT2D eigenvalue weighted by atomic mass is 10.1. The number of rotatable bonds is 5. The van der Waals surface area contributed by atoms with E-state index in [1.54, 1.807) is 14.0 Å². The zero-order chi connectivity index (χ0) is 19.4. The number of imide groups is 1. The van der Waals surface area contributed by atoms with Gasteiger partial charge >= 0.3 is 6.09 Å². The number of hydrogen-bond acceptors (Lipinski definition) is 8. The highest BCUT2D eigenvalue weighted by Crippen LogP contribution is 2.41. The molecule has 3 atom stereocenters. The first-order valence-electron chi connectivity index (χ1n) is 8.52. The number of hydrogen-bond donors (Lipinski definition) is 3. The monoisotopic (exact) mass is 411 g/mol. The van der Waals surface area contributed by atoms with E-state index in [2.05, 4.69) is 16.0 Å². The molecule has 3 N–H and O–H groups in total. The molecule has 1 aromatic carbocycles. The Bertz CT molecular complexity index is 745. The fourth-order valence-electron chi connectivity index (χ4n) is 2.84. The van der Waals surface area contributed by atoms with E-state index in [0.29, 0.717) is 6.42 Å². The number of alkyl carbamates (subject to hydrolysis) is 1. The summed E-state index contributed by atoms with van der Waals surface area (Å²) < 4.78 is 9.94. The molecule has 146 valence electrons. The standard InChI is InChI=1S/C17H21N3O5S2/c1-3-25-17(23)20-13(21)10-6-7-26-15(10)19-14(22)16-18-11-5-4-9(24-2)8-12(11)27-16/h4-5,8,10,15-16,18H,3,6-7H2,1-2H3,(H,19,22)(H,20,21,23). The highest BCUT2D eigenvalue weighted by Gasteiger charge is 2.38. The number of carbonyl (C=O) groups is 3. The van der Waals surface area contributed by atoms with E-state index in [1.807, 2.05) is 18.2 Å². The minimum Gasteiger partial charge on any atom is -0.497 e. The number of amides is 3. The van der Waals surface area contributed by atoms with Crippen molar-refractivity contribution in [2.24, 2.45) is 5.92 Å². The van der Waals surface area contributed by atoms with Crippen molar-refractivity contribution in [3.05, 3.63) is 18.2 Å². The molecule has 8 nitrogen and oxygen atoms in total. The fraction of sp³-hybridized carbons (Fsp3) is 0.471. The molecule has 10 heteroatoms. The first-order valence-corrected chi connectivity index (χ1v) is 10.5. The molecule has 1 aromatic rings. The highest BCUT2D eigenvalue weighted by molar-refractivity contribution is 8.01. The fourth-order valence-corrected chi connectivity index (χ4v) is 5.23. The van der Waals surface area contributed by atoms with Gasteiger partial charge in [-0.25, -0.2) is 4.79 Å². The average Bonchev–Trinajstić information content (AvgIpc) is 3.27. The van der Waals surface area contributed by atoms with Crippen LogP contribution < -0.4 is 20.7 Å². The first kappa shape index (κ1) is 19.7. The number of thioether (sulfide) groups is 2. The molecule has 3 amide bonds. The Morgan fingerprint density at radius 1 is 1.30 bits per heavy atom. The Morgan fingerprint density at radius 3 is 2.85 bits per heavy atom. The van der Waals surface area contributed by atoms with E-state index in [-0.39, 0.29) is 17.9 Å². The largest absolute Gasteiger partial charge is 0.497 e. The maximum absolute atomic E-state index is 12.7. The molecule has 3 unspecified atom stereocenters. The number of benzene rings is 1. The SMILES string of the molecule is CCOC(=O)NC(=O)C1CCSC1NC(=O)C1Nc2ccc(OC)cc2S1. The van der Waals surface area contributed by atoms with Crippen molar-refractivity contribution in [2.75, 3.05) is 24.8 Å². The maximum atomic E-state index is 12.7. The molecular formula is C17H21N3O5S2. The summed E-state index contributed by atoms with van der Waals surface area (Å²) in [4.78, 5) is 37.3. The average molecular weight is 412 g/mol. The van der Waals surface area contributed by atoms with E-state index < -0.39 is 23.3 Å². The van der Waals surface area contributed by atoms with Crippen LogP contribution in [0.1, 0.15) is 13.3 Å². The lowest BCUT2D eigenvalue weighted by molar-refractivity contribution is -0.125. The Kier molecular flexibility index (Phi) is 6.38. The second-order valence-electron chi connectivity index (χ2n) is 5.91. The molecule has 2 aliphatic heterocycles. The van der Waals surface area contributed by atoms with E-state index >= 15 is 0 Å². The van der Waals surface area contributed by atoms with Crippen LogP contribution in [0, 0.1) is 5.92 Å². The normalized spacial score (nSPS) is 23.1. The Labute approximate surface area is 165 Å². The van der Waals surface area contributed by atoms with E-state index in [4.69, 9.17) is 9.47 Å².